The van der Waals surface area contributed by atoms with Crippen LogP contribution in [0.2, 0.25) is 0 Å². The van der Waals surface area contributed by atoms with E-state index >= 15 is 0 Å². The molecule has 0 spiro atoms. The lowest BCUT2D eigenvalue weighted by Gasteiger charge is -2.26. The molecular weight excluding hydrogens is 220 g/mol. The number of hydrogen-bond donors (Lipinski definition) is 2. The van der Waals surface area contributed by atoms with E-state index in [1.54, 1.807) is 0 Å². The highest BCUT2D eigenvalue weighted by molar-refractivity contribution is 7.99. The third kappa shape index (κ3) is 4.34. The normalized spacial score (nSPS) is 24.8. The molecule has 1 saturated heterocycles. The van der Waals surface area contributed by atoms with Crippen molar-refractivity contribution in [2.45, 2.75) is 56.7 Å². The third-order valence-corrected chi connectivity index (χ3v) is 4.45. The van der Waals surface area contributed by atoms with E-state index in [1.165, 1.54) is 25.0 Å². The van der Waals surface area contributed by atoms with E-state index in [1.807, 2.05) is 18.7 Å². The molecule has 0 aliphatic carbocycles. The first kappa shape index (κ1) is 13.8. The average Bonchev–Trinajstić information content (AvgIpc) is 2.27. The van der Waals surface area contributed by atoms with E-state index in [0.717, 1.165) is 19.4 Å². The van der Waals surface area contributed by atoms with Crippen LogP contribution >= 0.6 is 11.8 Å². The Labute approximate surface area is 103 Å². The molecule has 2 atom stereocenters. The minimum atomic E-state index is -0.700. The van der Waals surface area contributed by atoms with Gasteiger partial charge in [-0.15, -0.1) is 0 Å². The van der Waals surface area contributed by atoms with Crippen molar-refractivity contribution in [3.05, 3.63) is 0 Å². The Bertz CT molecular complexity index is 225. The molecule has 0 aromatic heterocycles. The first-order valence-electron chi connectivity index (χ1n) is 6.25. The maximum atomic E-state index is 11.9. The van der Waals surface area contributed by atoms with Crippen molar-refractivity contribution in [3.63, 3.8) is 0 Å². The number of rotatable bonds is 5. The SMILES string of the molecule is CCCC(C)(N)C(=O)NCC1CCCCS1. The van der Waals surface area contributed by atoms with Gasteiger partial charge in [0.15, 0.2) is 0 Å². The number of nitrogens with two attached hydrogens (primary N) is 1. The lowest BCUT2D eigenvalue weighted by Crippen LogP contribution is -2.52. The first-order chi connectivity index (χ1) is 7.56. The molecular formula is C12H24N2OS. The zero-order valence-electron chi connectivity index (χ0n) is 10.4. The Balaban J connectivity index is 2.28. The molecule has 1 rings (SSSR count). The van der Waals surface area contributed by atoms with Gasteiger partial charge in [-0.05, 0) is 31.9 Å². The minimum absolute atomic E-state index is 0.000485. The number of carbonyl (C=O) groups is 1. The molecule has 0 saturated carbocycles. The van der Waals surface area contributed by atoms with Crippen LogP contribution in [0, 0.1) is 0 Å². The van der Waals surface area contributed by atoms with Gasteiger partial charge in [0.2, 0.25) is 5.91 Å². The molecule has 1 heterocycles. The highest BCUT2D eigenvalue weighted by atomic mass is 32.2. The molecule has 0 bridgehead atoms. The first-order valence-corrected chi connectivity index (χ1v) is 7.30. The fraction of sp³-hybridized carbons (Fsp3) is 0.917. The smallest absolute Gasteiger partial charge is 0.239 e. The molecule has 0 radical (unpaired) electrons. The Morgan fingerprint density at radius 2 is 2.31 bits per heavy atom. The van der Waals surface area contributed by atoms with Gasteiger partial charge in [0.1, 0.15) is 0 Å². The summed E-state index contributed by atoms with van der Waals surface area (Å²) in [5, 5.41) is 3.59. The van der Waals surface area contributed by atoms with E-state index in [9.17, 15) is 4.79 Å². The lowest BCUT2D eigenvalue weighted by molar-refractivity contribution is -0.126. The zero-order valence-corrected chi connectivity index (χ0v) is 11.2. The monoisotopic (exact) mass is 244 g/mol. The van der Waals surface area contributed by atoms with Crippen LogP contribution < -0.4 is 11.1 Å². The summed E-state index contributed by atoms with van der Waals surface area (Å²) in [5.41, 5.74) is 5.27. The minimum Gasteiger partial charge on any atom is -0.353 e. The van der Waals surface area contributed by atoms with Gasteiger partial charge in [0.25, 0.3) is 0 Å². The second kappa shape index (κ2) is 6.50. The van der Waals surface area contributed by atoms with Crippen molar-refractivity contribution < 1.29 is 4.79 Å². The average molecular weight is 244 g/mol. The number of amides is 1. The highest BCUT2D eigenvalue weighted by Gasteiger charge is 2.27. The van der Waals surface area contributed by atoms with Crippen LogP contribution in [-0.4, -0.2) is 29.0 Å². The second-order valence-corrected chi connectivity index (χ2v) is 6.27. The van der Waals surface area contributed by atoms with Gasteiger partial charge in [-0.2, -0.15) is 11.8 Å². The van der Waals surface area contributed by atoms with Crippen molar-refractivity contribution in [3.8, 4) is 0 Å². The van der Waals surface area contributed by atoms with E-state index in [0.29, 0.717) is 5.25 Å². The van der Waals surface area contributed by atoms with E-state index in [4.69, 9.17) is 5.73 Å². The van der Waals surface area contributed by atoms with Gasteiger partial charge in [-0.3, -0.25) is 4.79 Å². The predicted molar refractivity (Wildman–Crippen MR) is 70.6 cm³/mol. The van der Waals surface area contributed by atoms with Crippen molar-refractivity contribution in [1.29, 1.82) is 0 Å². The number of thioether (sulfide) groups is 1. The molecule has 2 unspecified atom stereocenters. The van der Waals surface area contributed by atoms with Crippen LogP contribution in [0.5, 0.6) is 0 Å². The van der Waals surface area contributed by atoms with E-state index in [2.05, 4.69) is 12.2 Å². The van der Waals surface area contributed by atoms with Gasteiger partial charge in [-0.1, -0.05) is 19.8 Å². The highest BCUT2D eigenvalue weighted by Crippen LogP contribution is 2.24. The second-order valence-electron chi connectivity index (χ2n) is 4.87. The summed E-state index contributed by atoms with van der Waals surface area (Å²) in [6, 6.07) is 0. The molecule has 0 aromatic carbocycles. The van der Waals surface area contributed by atoms with Crippen LogP contribution in [0.1, 0.15) is 46.0 Å². The molecule has 1 fully saturated rings. The molecule has 1 aliphatic rings. The van der Waals surface area contributed by atoms with Crippen LogP contribution in [0.3, 0.4) is 0 Å². The molecule has 4 heteroatoms. The zero-order chi connectivity index (χ0) is 12.0. The standard InChI is InChI=1S/C12H24N2OS/c1-3-7-12(2,13)11(15)14-9-10-6-4-5-8-16-10/h10H,3-9,13H2,1-2H3,(H,14,15). The van der Waals surface area contributed by atoms with Gasteiger partial charge < -0.3 is 11.1 Å². The summed E-state index contributed by atoms with van der Waals surface area (Å²) in [6.45, 7) is 4.65. The van der Waals surface area contributed by atoms with E-state index < -0.39 is 5.54 Å². The van der Waals surface area contributed by atoms with Crippen LogP contribution in [-0.2, 0) is 4.79 Å². The quantitative estimate of drug-likeness (QED) is 0.776. The number of nitrogens with one attached hydrogen (secondary N) is 1. The summed E-state index contributed by atoms with van der Waals surface area (Å²) >= 11 is 1.97. The largest absolute Gasteiger partial charge is 0.353 e. The molecule has 16 heavy (non-hydrogen) atoms. The fourth-order valence-electron chi connectivity index (χ4n) is 2.01. The van der Waals surface area contributed by atoms with Crippen molar-refractivity contribution in [2.24, 2.45) is 5.73 Å². The summed E-state index contributed by atoms with van der Waals surface area (Å²) in [5.74, 6) is 1.23. The van der Waals surface area contributed by atoms with E-state index in [-0.39, 0.29) is 5.91 Å². The summed E-state index contributed by atoms with van der Waals surface area (Å²) in [4.78, 5) is 11.9. The summed E-state index contributed by atoms with van der Waals surface area (Å²) in [7, 11) is 0. The van der Waals surface area contributed by atoms with Gasteiger partial charge in [-0.25, -0.2) is 0 Å². The molecule has 1 aliphatic heterocycles. The Morgan fingerprint density at radius 3 is 2.88 bits per heavy atom. The lowest BCUT2D eigenvalue weighted by atomic mass is 9.96. The molecule has 3 nitrogen and oxygen atoms in total. The maximum Gasteiger partial charge on any atom is 0.239 e. The summed E-state index contributed by atoms with van der Waals surface area (Å²) in [6.07, 6.45) is 5.52. The van der Waals surface area contributed by atoms with Crippen LogP contribution in [0.15, 0.2) is 0 Å². The van der Waals surface area contributed by atoms with Gasteiger partial charge in [0, 0.05) is 11.8 Å². The maximum absolute atomic E-state index is 11.9. The van der Waals surface area contributed by atoms with Crippen molar-refractivity contribution in [1.82, 2.24) is 5.32 Å². The van der Waals surface area contributed by atoms with Crippen molar-refractivity contribution in [2.75, 3.05) is 12.3 Å². The molecule has 0 aromatic rings. The van der Waals surface area contributed by atoms with Gasteiger partial charge in [0.05, 0.1) is 5.54 Å². The molecule has 94 valence electrons. The predicted octanol–water partition coefficient (Wildman–Crippen LogP) is 1.91. The summed E-state index contributed by atoms with van der Waals surface area (Å²) < 4.78 is 0. The Morgan fingerprint density at radius 1 is 1.56 bits per heavy atom. The van der Waals surface area contributed by atoms with Crippen molar-refractivity contribution >= 4 is 17.7 Å². The van der Waals surface area contributed by atoms with Crippen LogP contribution in [0.4, 0.5) is 0 Å². The van der Waals surface area contributed by atoms with Crippen LogP contribution in [0.25, 0.3) is 0 Å². The number of carbonyl (C=O) groups excluding carboxylic acids is 1. The molecule has 1 amide bonds. The molecule has 3 N–H and O–H groups in total. The topological polar surface area (TPSA) is 55.1 Å². The Kier molecular flexibility index (Phi) is 5.62. The van der Waals surface area contributed by atoms with Gasteiger partial charge >= 0.3 is 0 Å². The fourth-order valence-corrected chi connectivity index (χ4v) is 3.25. The Hall–Kier alpha value is -0.220. The number of hydrogen-bond acceptors (Lipinski definition) is 3. The third-order valence-electron chi connectivity index (χ3n) is 3.05.